The predicted molar refractivity (Wildman–Crippen MR) is 67.9 cm³/mol. The van der Waals surface area contributed by atoms with Crippen molar-refractivity contribution in [2.45, 2.75) is 19.8 Å². The first-order valence-corrected chi connectivity index (χ1v) is 5.95. The van der Waals surface area contributed by atoms with Gasteiger partial charge in [-0.05, 0) is 6.42 Å². The Morgan fingerprint density at radius 2 is 2.21 bits per heavy atom. The lowest BCUT2D eigenvalue weighted by Crippen LogP contribution is -2.23. The zero-order valence-electron chi connectivity index (χ0n) is 10.9. The number of aromatic nitrogens is 2. The summed E-state index contributed by atoms with van der Waals surface area (Å²) in [7, 11) is 1.26. The summed E-state index contributed by atoms with van der Waals surface area (Å²) in [6, 6.07) is 0. The highest BCUT2D eigenvalue weighted by atomic mass is 16.5. The molecule has 0 aliphatic carbocycles. The summed E-state index contributed by atoms with van der Waals surface area (Å²) >= 11 is 0. The molecule has 0 fully saturated rings. The minimum atomic E-state index is -0.855. The van der Waals surface area contributed by atoms with E-state index >= 15 is 0 Å². The molecule has 0 aliphatic heterocycles. The fourth-order valence-corrected chi connectivity index (χ4v) is 1.54. The summed E-state index contributed by atoms with van der Waals surface area (Å²) < 4.78 is 4.53. The van der Waals surface area contributed by atoms with E-state index in [1.54, 1.807) is 0 Å². The van der Waals surface area contributed by atoms with Gasteiger partial charge in [-0.3, -0.25) is 9.78 Å². The summed E-state index contributed by atoms with van der Waals surface area (Å²) in [6.45, 7) is 2.16. The van der Waals surface area contributed by atoms with E-state index in [1.165, 1.54) is 19.5 Å². The van der Waals surface area contributed by atoms with E-state index in [2.05, 4.69) is 20.0 Å². The summed E-state index contributed by atoms with van der Waals surface area (Å²) in [5.74, 6) is -1.58. The molecular formula is C12H17N3O4. The van der Waals surface area contributed by atoms with Gasteiger partial charge in [-0.25, -0.2) is 9.78 Å². The molecule has 1 aromatic rings. The van der Waals surface area contributed by atoms with Gasteiger partial charge >= 0.3 is 11.9 Å². The Labute approximate surface area is 111 Å². The number of ether oxygens (including phenoxy) is 1. The van der Waals surface area contributed by atoms with Crippen molar-refractivity contribution in [1.29, 1.82) is 0 Å². The number of rotatable bonds is 7. The van der Waals surface area contributed by atoms with Gasteiger partial charge in [0.05, 0.1) is 25.4 Å². The molecule has 104 valence electrons. The fraction of sp³-hybridized carbons (Fsp3) is 0.500. The molecule has 1 aromatic heterocycles. The zero-order chi connectivity index (χ0) is 14.3. The maximum Gasteiger partial charge on any atom is 0.358 e. The number of hydrogen-bond acceptors (Lipinski definition) is 6. The Hall–Kier alpha value is -2.18. The van der Waals surface area contributed by atoms with Gasteiger partial charge in [0, 0.05) is 6.54 Å². The molecule has 19 heavy (non-hydrogen) atoms. The van der Waals surface area contributed by atoms with E-state index in [-0.39, 0.29) is 12.2 Å². The van der Waals surface area contributed by atoms with Gasteiger partial charge in [-0.1, -0.05) is 13.3 Å². The molecule has 1 heterocycles. The topological polar surface area (TPSA) is 101 Å². The smallest absolute Gasteiger partial charge is 0.358 e. The monoisotopic (exact) mass is 267 g/mol. The number of nitrogens with zero attached hydrogens (tertiary/aromatic N) is 2. The third kappa shape index (κ3) is 4.53. The lowest BCUT2D eigenvalue weighted by molar-refractivity contribution is -0.141. The lowest BCUT2D eigenvalue weighted by atomic mass is 10.0. The molecular weight excluding hydrogens is 250 g/mol. The van der Waals surface area contributed by atoms with E-state index in [0.29, 0.717) is 12.2 Å². The number of carboxylic acid groups (broad SMARTS) is 1. The van der Waals surface area contributed by atoms with E-state index in [0.717, 1.165) is 6.42 Å². The van der Waals surface area contributed by atoms with E-state index in [4.69, 9.17) is 5.11 Å². The highest BCUT2D eigenvalue weighted by molar-refractivity contribution is 5.87. The quantitative estimate of drug-likeness (QED) is 0.715. The number of hydrogen-bond donors (Lipinski definition) is 2. The van der Waals surface area contributed by atoms with Crippen molar-refractivity contribution in [3.05, 3.63) is 18.1 Å². The first-order valence-electron chi connectivity index (χ1n) is 5.95. The first kappa shape index (κ1) is 14.9. The van der Waals surface area contributed by atoms with E-state index < -0.39 is 17.9 Å². The molecule has 0 bridgehead atoms. The van der Waals surface area contributed by atoms with Crippen molar-refractivity contribution < 1.29 is 19.4 Å². The predicted octanol–water partition coefficient (Wildman–Crippen LogP) is 1.18. The van der Waals surface area contributed by atoms with Gasteiger partial charge in [0.2, 0.25) is 0 Å². The van der Waals surface area contributed by atoms with Crippen LogP contribution in [0.3, 0.4) is 0 Å². The Morgan fingerprint density at radius 1 is 1.47 bits per heavy atom. The lowest BCUT2D eigenvalue weighted by Gasteiger charge is -2.12. The van der Waals surface area contributed by atoms with Crippen LogP contribution in [0.5, 0.6) is 0 Å². The number of carbonyl (C=O) groups excluding carboxylic acids is 1. The maximum absolute atomic E-state index is 11.3. The van der Waals surface area contributed by atoms with Gasteiger partial charge in [-0.15, -0.1) is 0 Å². The van der Waals surface area contributed by atoms with Crippen LogP contribution in [0, 0.1) is 5.92 Å². The van der Waals surface area contributed by atoms with Crippen LogP contribution in [0.4, 0.5) is 5.82 Å². The molecule has 1 unspecified atom stereocenters. The number of esters is 1. The van der Waals surface area contributed by atoms with Crippen molar-refractivity contribution in [2.75, 3.05) is 19.0 Å². The van der Waals surface area contributed by atoms with Crippen LogP contribution >= 0.6 is 0 Å². The summed E-state index contributed by atoms with van der Waals surface area (Å²) in [5.41, 5.74) is 0.0786. The second-order valence-electron chi connectivity index (χ2n) is 3.99. The molecule has 7 heteroatoms. The maximum atomic E-state index is 11.3. The molecule has 0 aromatic carbocycles. The van der Waals surface area contributed by atoms with Crippen molar-refractivity contribution in [3.63, 3.8) is 0 Å². The van der Waals surface area contributed by atoms with Crippen molar-refractivity contribution >= 4 is 17.8 Å². The van der Waals surface area contributed by atoms with Gasteiger partial charge < -0.3 is 15.2 Å². The van der Waals surface area contributed by atoms with Crippen LogP contribution in [0.15, 0.2) is 12.4 Å². The number of methoxy groups -OCH3 is 1. The Kier molecular flexibility index (Phi) is 5.72. The first-order chi connectivity index (χ1) is 9.08. The van der Waals surface area contributed by atoms with Crippen LogP contribution in [0.2, 0.25) is 0 Å². The third-order valence-electron chi connectivity index (χ3n) is 2.55. The summed E-state index contributed by atoms with van der Waals surface area (Å²) in [6.07, 6.45) is 4.08. The van der Waals surface area contributed by atoms with Crippen LogP contribution in [-0.2, 0) is 9.53 Å². The molecule has 0 saturated heterocycles. The molecule has 0 amide bonds. The molecule has 0 saturated carbocycles. The van der Waals surface area contributed by atoms with Crippen LogP contribution in [-0.4, -0.2) is 40.7 Å². The second-order valence-corrected chi connectivity index (χ2v) is 3.99. The summed E-state index contributed by atoms with van der Waals surface area (Å²) in [4.78, 5) is 30.1. The summed E-state index contributed by atoms with van der Waals surface area (Å²) in [5, 5.41) is 11.9. The molecule has 1 rings (SSSR count). The second kappa shape index (κ2) is 7.30. The minimum Gasteiger partial charge on any atom is -0.481 e. The molecule has 7 nitrogen and oxygen atoms in total. The van der Waals surface area contributed by atoms with Crippen LogP contribution in [0.25, 0.3) is 0 Å². The molecule has 0 aliphatic rings. The van der Waals surface area contributed by atoms with Crippen molar-refractivity contribution in [1.82, 2.24) is 9.97 Å². The van der Waals surface area contributed by atoms with Gasteiger partial charge in [0.1, 0.15) is 5.82 Å². The van der Waals surface area contributed by atoms with Crippen molar-refractivity contribution in [3.8, 4) is 0 Å². The highest BCUT2D eigenvalue weighted by Crippen LogP contribution is 2.09. The van der Waals surface area contributed by atoms with Gasteiger partial charge in [-0.2, -0.15) is 0 Å². The minimum absolute atomic E-state index is 0.0786. The van der Waals surface area contributed by atoms with Crippen molar-refractivity contribution in [2.24, 2.45) is 5.92 Å². The number of anilines is 1. The van der Waals surface area contributed by atoms with E-state index in [9.17, 15) is 9.59 Å². The average Bonchev–Trinajstić information content (AvgIpc) is 2.42. The Morgan fingerprint density at radius 3 is 2.79 bits per heavy atom. The zero-order valence-corrected chi connectivity index (χ0v) is 10.9. The Balaban J connectivity index is 2.66. The normalized spacial score (nSPS) is 11.7. The highest BCUT2D eigenvalue weighted by Gasteiger charge is 2.16. The largest absolute Gasteiger partial charge is 0.481 e. The molecule has 0 radical (unpaired) electrons. The van der Waals surface area contributed by atoms with Crippen LogP contribution < -0.4 is 5.32 Å². The van der Waals surface area contributed by atoms with Crippen LogP contribution in [0.1, 0.15) is 30.3 Å². The number of carboxylic acids is 1. The number of nitrogens with one attached hydrogen (secondary N) is 1. The molecule has 2 N–H and O–H groups in total. The number of aliphatic carboxylic acids is 1. The SMILES string of the molecule is CCCC(CNc1cncc(C(=O)OC)n1)C(=O)O. The third-order valence-corrected chi connectivity index (χ3v) is 2.55. The standard InChI is InChI=1S/C12H17N3O4/c1-3-4-8(11(16)17)5-14-10-7-13-6-9(15-10)12(18)19-2/h6-8H,3-5H2,1-2H3,(H,14,15)(H,16,17). The number of carbonyl (C=O) groups is 2. The fourth-order valence-electron chi connectivity index (χ4n) is 1.54. The van der Waals surface area contributed by atoms with E-state index in [1.807, 2.05) is 6.92 Å². The Bertz CT molecular complexity index is 450. The molecule has 1 atom stereocenters. The molecule has 0 spiro atoms. The average molecular weight is 267 g/mol. The van der Waals surface area contributed by atoms with Gasteiger partial charge in [0.25, 0.3) is 0 Å². The van der Waals surface area contributed by atoms with Gasteiger partial charge in [0.15, 0.2) is 5.69 Å².